The summed E-state index contributed by atoms with van der Waals surface area (Å²) in [5.41, 5.74) is 23.5. The molecule has 3 aliphatic heterocycles. The van der Waals surface area contributed by atoms with E-state index in [1.807, 2.05) is 0 Å². The maximum Gasteiger partial charge on any atom is 0.273 e. The number of hydrogen-bond donors (Lipinski definition) is 0. The molecule has 0 saturated carbocycles. The highest BCUT2D eigenvalue weighted by atomic mass is 15.2. The molecule has 5 heteroatoms. The number of benzene rings is 8. The van der Waals surface area contributed by atoms with E-state index in [-0.39, 0.29) is 28.4 Å². The van der Waals surface area contributed by atoms with Crippen LogP contribution in [0.5, 0.6) is 0 Å². The SMILES string of the molecule is CC(C)(C)c1ccc(N2c3ccc4cc3B3c5c2cccc5N(c2ccc(C(C)(C)C)cc2)c2c3n(c3c2ccc2c5cc(C(C)(C)C)ccc5n(-c5ccccc5)c23)-c2cccc(c2)C4(C)C)cc1. The highest BCUT2D eigenvalue weighted by Gasteiger charge is 2.48. The average molecular weight is 909 g/mol. The first-order valence-electron chi connectivity index (χ1n) is 25.3. The minimum Gasteiger partial charge on any atom is -0.318 e. The number of anilines is 6. The second-order valence-electron chi connectivity index (χ2n) is 23.9. The van der Waals surface area contributed by atoms with E-state index < -0.39 is 0 Å². The van der Waals surface area contributed by atoms with E-state index in [9.17, 15) is 0 Å². The van der Waals surface area contributed by atoms with Crippen molar-refractivity contribution < 1.29 is 0 Å². The average Bonchev–Trinajstić information content (AvgIpc) is 3.86. The molecule has 4 bridgehead atoms. The van der Waals surface area contributed by atoms with Crippen molar-refractivity contribution >= 4 is 90.1 Å². The van der Waals surface area contributed by atoms with Crippen molar-refractivity contribution in [2.45, 2.75) is 97.8 Å². The zero-order chi connectivity index (χ0) is 48.4. The van der Waals surface area contributed by atoms with Crippen molar-refractivity contribution in [3.63, 3.8) is 0 Å². The van der Waals surface area contributed by atoms with Crippen molar-refractivity contribution in [2.75, 3.05) is 9.80 Å². The van der Waals surface area contributed by atoms with Gasteiger partial charge in [-0.05, 0) is 140 Å². The molecule has 0 atom stereocenters. The third kappa shape index (κ3) is 6.03. The Balaban J connectivity index is 1.24. The molecule has 0 spiro atoms. The van der Waals surface area contributed by atoms with Crippen LogP contribution in [0.1, 0.15) is 104 Å². The van der Waals surface area contributed by atoms with Crippen LogP contribution in [0.15, 0.2) is 170 Å². The van der Waals surface area contributed by atoms with Crippen LogP contribution in [0.25, 0.3) is 44.1 Å². The maximum absolute atomic E-state index is 2.70. The molecule has 70 heavy (non-hydrogen) atoms. The Morgan fingerprint density at radius 2 is 0.957 bits per heavy atom. The van der Waals surface area contributed by atoms with Crippen LogP contribution in [0.3, 0.4) is 0 Å². The van der Waals surface area contributed by atoms with Gasteiger partial charge in [0, 0.05) is 67.0 Å². The quantitative estimate of drug-likeness (QED) is 0.164. The van der Waals surface area contributed by atoms with Crippen LogP contribution in [0.2, 0.25) is 0 Å². The summed E-state index contributed by atoms with van der Waals surface area (Å²) in [7, 11) is 0. The van der Waals surface area contributed by atoms with Crippen LogP contribution < -0.4 is 26.3 Å². The molecule has 344 valence electrons. The molecule has 2 aromatic heterocycles. The number of nitrogens with zero attached hydrogens (tertiary/aromatic N) is 4. The summed E-state index contributed by atoms with van der Waals surface area (Å²) in [6.07, 6.45) is 0. The van der Waals surface area contributed by atoms with Crippen molar-refractivity contribution in [1.82, 2.24) is 9.13 Å². The predicted octanol–water partition coefficient (Wildman–Crippen LogP) is 15.3. The third-order valence-electron chi connectivity index (χ3n) is 16.2. The summed E-state index contributed by atoms with van der Waals surface area (Å²) in [4.78, 5) is 5.17. The third-order valence-corrected chi connectivity index (χ3v) is 16.2. The van der Waals surface area contributed by atoms with E-state index in [0.29, 0.717) is 0 Å². The van der Waals surface area contributed by atoms with E-state index >= 15 is 0 Å². The number of hydrogen-bond acceptors (Lipinski definition) is 2. The number of rotatable bonds is 3. The number of para-hydroxylation sites is 1. The van der Waals surface area contributed by atoms with Crippen LogP contribution in [0.4, 0.5) is 34.1 Å². The minimum absolute atomic E-state index is 0.0119. The predicted molar refractivity (Wildman–Crippen MR) is 300 cm³/mol. The van der Waals surface area contributed by atoms with E-state index in [4.69, 9.17) is 0 Å². The minimum atomic E-state index is -0.277. The van der Waals surface area contributed by atoms with Gasteiger partial charge in [0.25, 0.3) is 6.71 Å². The molecule has 3 aliphatic rings. The van der Waals surface area contributed by atoms with Gasteiger partial charge < -0.3 is 18.9 Å². The Morgan fingerprint density at radius 1 is 0.400 bits per heavy atom. The van der Waals surface area contributed by atoms with Crippen molar-refractivity contribution in [3.05, 3.63) is 198 Å². The Hall–Kier alpha value is -7.24. The summed E-state index contributed by atoms with van der Waals surface area (Å²) in [5.74, 6) is 0. The summed E-state index contributed by atoms with van der Waals surface area (Å²) in [6, 6.07) is 65.8. The van der Waals surface area contributed by atoms with E-state index in [0.717, 1.165) is 11.4 Å². The molecule has 0 saturated heterocycles. The molecule has 8 aromatic carbocycles. The van der Waals surface area contributed by atoms with Gasteiger partial charge in [-0.15, -0.1) is 0 Å². The Bertz CT molecular complexity index is 3790. The zero-order valence-corrected chi connectivity index (χ0v) is 42.5. The molecule has 13 rings (SSSR count). The van der Waals surface area contributed by atoms with Crippen molar-refractivity contribution in [3.8, 4) is 11.4 Å². The van der Waals surface area contributed by atoms with Gasteiger partial charge in [0.05, 0.1) is 22.2 Å². The molecular formula is C65H61BN4. The van der Waals surface area contributed by atoms with Gasteiger partial charge >= 0.3 is 0 Å². The van der Waals surface area contributed by atoms with Crippen molar-refractivity contribution in [2.24, 2.45) is 0 Å². The Kier molecular flexibility index (Phi) is 8.82. The Labute approximate surface area is 413 Å². The van der Waals surface area contributed by atoms with E-state index in [1.54, 1.807) is 0 Å². The largest absolute Gasteiger partial charge is 0.318 e. The van der Waals surface area contributed by atoms with Crippen LogP contribution in [-0.4, -0.2) is 15.8 Å². The lowest BCUT2D eigenvalue weighted by Gasteiger charge is -2.44. The highest BCUT2D eigenvalue weighted by Crippen LogP contribution is 2.51. The summed E-state index contributed by atoms with van der Waals surface area (Å²) in [5, 5.41) is 3.76. The fourth-order valence-corrected chi connectivity index (χ4v) is 12.2. The van der Waals surface area contributed by atoms with Gasteiger partial charge in [0.2, 0.25) is 0 Å². The van der Waals surface area contributed by atoms with Crippen LogP contribution in [0, 0.1) is 0 Å². The number of aromatic nitrogens is 2. The molecule has 0 unspecified atom stereocenters. The van der Waals surface area contributed by atoms with Crippen LogP contribution >= 0.6 is 0 Å². The topological polar surface area (TPSA) is 16.3 Å². The van der Waals surface area contributed by atoms with Gasteiger partial charge in [-0.2, -0.15) is 0 Å². The maximum atomic E-state index is 2.70. The van der Waals surface area contributed by atoms with Gasteiger partial charge in [-0.3, -0.25) is 0 Å². The van der Waals surface area contributed by atoms with Gasteiger partial charge in [-0.1, -0.05) is 161 Å². The van der Waals surface area contributed by atoms with Gasteiger partial charge in [0.15, 0.2) is 0 Å². The highest BCUT2D eigenvalue weighted by molar-refractivity contribution is 7.00. The zero-order valence-electron chi connectivity index (χ0n) is 42.5. The molecule has 0 radical (unpaired) electrons. The molecule has 4 nitrogen and oxygen atoms in total. The first kappa shape index (κ1) is 42.8. The normalized spacial score (nSPS) is 14.8. The smallest absolute Gasteiger partial charge is 0.273 e. The standard InChI is InChI=1S/C65H61BN4/c1-62(2,3)40-23-29-46(30-24-40)67-54-36-28-44-39-52(54)66-57-55(67)21-16-22-56(57)69(47-31-25-41(26-32-47)63(4,5)6)60-50-34-33-49-51-38-42(64(7,8)9)27-35-53(51)68(45-18-13-12-14-19-45)58(49)59(50)70(61(60)66)48-20-15-17-43(37-48)65(44,10)11/h12-39H,1-11H3. The first-order chi connectivity index (χ1) is 33.4. The van der Waals surface area contributed by atoms with Crippen molar-refractivity contribution in [1.29, 1.82) is 0 Å². The molecule has 0 N–H and O–H groups in total. The summed E-state index contributed by atoms with van der Waals surface area (Å²) in [6.45, 7) is 25.5. The lowest BCUT2D eigenvalue weighted by atomic mass is 9.34. The molecule has 0 aliphatic carbocycles. The van der Waals surface area contributed by atoms with E-state index in [2.05, 4.69) is 265 Å². The fourth-order valence-electron chi connectivity index (χ4n) is 12.2. The molecule has 0 amide bonds. The summed E-state index contributed by atoms with van der Waals surface area (Å²) < 4.78 is 5.25. The summed E-state index contributed by atoms with van der Waals surface area (Å²) >= 11 is 0. The monoisotopic (exact) mass is 908 g/mol. The number of fused-ring (bicyclic) bond motifs is 11. The van der Waals surface area contributed by atoms with Gasteiger partial charge in [0.1, 0.15) is 0 Å². The van der Waals surface area contributed by atoms with Crippen LogP contribution in [-0.2, 0) is 21.7 Å². The lowest BCUT2D eigenvalue weighted by Crippen LogP contribution is -2.63. The van der Waals surface area contributed by atoms with E-state index in [1.165, 1.54) is 111 Å². The second kappa shape index (κ2) is 14.4. The molecule has 10 aromatic rings. The fraction of sp³-hybridized carbons (Fsp3) is 0.231. The Morgan fingerprint density at radius 3 is 1.61 bits per heavy atom. The first-order valence-corrected chi connectivity index (χ1v) is 25.3. The second-order valence-corrected chi connectivity index (χ2v) is 23.9. The molecular weight excluding hydrogens is 848 g/mol. The molecule has 5 heterocycles. The van der Waals surface area contributed by atoms with Gasteiger partial charge in [-0.25, -0.2) is 0 Å². The molecule has 0 fully saturated rings. The lowest BCUT2D eigenvalue weighted by molar-refractivity contribution is 0.590.